The van der Waals surface area contributed by atoms with E-state index < -0.39 is 15.6 Å². The first kappa shape index (κ1) is 20.3. The summed E-state index contributed by atoms with van der Waals surface area (Å²) >= 11 is 6.06. The van der Waals surface area contributed by atoms with Gasteiger partial charge in [0, 0.05) is 54.9 Å². The number of rotatable bonds is 4. The van der Waals surface area contributed by atoms with Crippen LogP contribution in [-0.4, -0.2) is 50.3 Å². The van der Waals surface area contributed by atoms with Crippen LogP contribution in [0.2, 0.25) is 5.02 Å². The zero-order valence-electron chi connectivity index (χ0n) is 16.4. The van der Waals surface area contributed by atoms with E-state index in [0.29, 0.717) is 48.9 Å². The van der Waals surface area contributed by atoms with Crippen LogP contribution in [0.15, 0.2) is 41.3 Å². The van der Waals surface area contributed by atoms with E-state index in [4.69, 9.17) is 16.3 Å². The quantitative estimate of drug-likeness (QED) is 0.765. The van der Waals surface area contributed by atoms with E-state index in [2.05, 4.69) is 9.73 Å². The number of anilines is 1. The fourth-order valence-electron chi connectivity index (χ4n) is 3.77. The minimum Gasteiger partial charge on any atom is -0.504 e. The Labute approximate surface area is 175 Å². The number of hydrogen-bond acceptors (Lipinski definition) is 6. The van der Waals surface area contributed by atoms with Gasteiger partial charge < -0.3 is 14.7 Å². The van der Waals surface area contributed by atoms with Crippen molar-refractivity contribution in [3.05, 3.63) is 47.0 Å². The number of phenolic OH excluding ortho intramolecular Hbond substituents is 1. The van der Waals surface area contributed by atoms with Gasteiger partial charge >= 0.3 is 0 Å². The summed E-state index contributed by atoms with van der Waals surface area (Å²) in [5, 5.41) is 12.6. The third-order valence-electron chi connectivity index (χ3n) is 5.13. The zero-order chi connectivity index (χ0) is 20.8. The number of piperazine rings is 1. The van der Waals surface area contributed by atoms with E-state index in [0.717, 1.165) is 5.69 Å². The molecule has 0 aromatic heterocycles. The Morgan fingerprint density at radius 1 is 1.14 bits per heavy atom. The normalized spacial score (nSPS) is 19.1. The first-order valence-corrected chi connectivity index (χ1v) is 11.3. The summed E-state index contributed by atoms with van der Waals surface area (Å²) < 4.78 is 31.5. The number of hydrazine groups is 1. The molecule has 0 saturated carbocycles. The number of sulfonamides is 1. The number of aromatic hydroxyl groups is 1. The Morgan fingerprint density at radius 2 is 1.86 bits per heavy atom. The molecule has 4 rings (SSSR count). The van der Waals surface area contributed by atoms with Crippen LogP contribution in [0.1, 0.15) is 19.4 Å². The number of benzene rings is 2. The van der Waals surface area contributed by atoms with Crippen molar-refractivity contribution in [2.75, 3.05) is 31.1 Å². The van der Waals surface area contributed by atoms with Gasteiger partial charge in [0.15, 0.2) is 11.5 Å². The molecule has 0 aliphatic carbocycles. The van der Waals surface area contributed by atoms with Gasteiger partial charge in [-0.1, -0.05) is 17.7 Å². The minimum atomic E-state index is -3.81. The molecule has 156 valence electrons. The second-order valence-corrected chi connectivity index (χ2v) is 10.1. The van der Waals surface area contributed by atoms with Crippen LogP contribution in [0.4, 0.5) is 5.69 Å². The molecule has 0 bridgehead atoms. The molecule has 1 saturated heterocycles. The highest BCUT2D eigenvalue weighted by Gasteiger charge is 2.34. The lowest BCUT2D eigenvalue weighted by atomic mass is 10.0. The van der Waals surface area contributed by atoms with E-state index in [1.807, 2.05) is 38.1 Å². The summed E-state index contributed by atoms with van der Waals surface area (Å²) in [5.41, 5.74) is 1.25. The summed E-state index contributed by atoms with van der Waals surface area (Å²) in [5.74, 6) is 0.211. The predicted molar refractivity (Wildman–Crippen MR) is 112 cm³/mol. The summed E-state index contributed by atoms with van der Waals surface area (Å²) in [6.45, 7) is 6.19. The van der Waals surface area contributed by atoms with Gasteiger partial charge in [0.1, 0.15) is 5.60 Å². The number of halogens is 1. The van der Waals surface area contributed by atoms with Crippen LogP contribution in [-0.2, 0) is 16.4 Å². The molecule has 0 unspecified atom stereocenters. The Hall–Kier alpha value is -2.00. The number of nitrogens with zero attached hydrogens (tertiary/aromatic N) is 2. The molecule has 2 aromatic carbocycles. The topological polar surface area (TPSA) is 82.1 Å². The maximum atomic E-state index is 12.9. The van der Waals surface area contributed by atoms with Crippen molar-refractivity contribution in [2.45, 2.75) is 30.8 Å². The lowest BCUT2D eigenvalue weighted by Gasteiger charge is -2.35. The molecule has 0 spiro atoms. The van der Waals surface area contributed by atoms with Crippen LogP contribution in [0.25, 0.3) is 0 Å². The molecule has 9 heteroatoms. The first-order valence-electron chi connectivity index (χ1n) is 9.46. The summed E-state index contributed by atoms with van der Waals surface area (Å²) in [7, 11) is -3.81. The third-order valence-corrected chi connectivity index (χ3v) is 6.72. The summed E-state index contributed by atoms with van der Waals surface area (Å²) in [4.78, 5) is 4.83. The highest BCUT2D eigenvalue weighted by Crippen LogP contribution is 2.42. The zero-order valence-corrected chi connectivity index (χ0v) is 17.9. The Morgan fingerprint density at radius 3 is 2.55 bits per heavy atom. The highest BCUT2D eigenvalue weighted by atomic mass is 35.5. The van der Waals surface area contributed by atoms with Gasteiger partial charge in [0.05, 0.1) is 4.90 Å². The van der Waals surface area contributed by atoms with Crippen molar-refractivity contribution in [1.29, 1.82) is 0 Å². The van der Waals surface area contributed by atoms with Crippen LogP contribution >= 0.6 is 11.6 Å². The molecule has 1 fully saturated rings. The monoisotopic (exact) mass is 437 g/mol. The average Bonchev–Trinajstić information content (AvgIpc) is 2.97. The van der Waals surface area contributed by atoms with Crippen molar-refractivity contribution >= 4 is 27.3 Å². The number of fused-ring (bicyclic) bond motifs is 1. The minimum absolute atomic E-state index is 0.0346. The van der Waals surface area contributed by atoms with E-state index in [1.165, 1.54) is 6.07 Å². The Balaban J connectivity index is 1.45. The molecule has 0 radical (unpaired) electrons. The summed E-state index contributed by atoms with van der Waals surface area (Å²) in [6, 6.07) is 10.4. The van der Waals surface area contributed by atoms with Gasteiger partial charge in [-0.3, -0.25) is 0 Å². The van der Waals surface area contributed by atoms with Gasteiger partial charge in [0.25, 0.3) is 10.0 Å². The molecule has 0 amide bonds. The Bertz CT molecular complexity index is 1030. The lowest BCUT2D eigenvalue weighted by Crippen LogP contribution is -2.53. The SMILES string of the molecule is CC1(C)Cc2cc(S(=O)(=O)NN3CCN(c4cccc(Cl)c4)CC3)cc(O)c2O1. The van der Waals surface area contributed by atoms with Crippen molar-refractivity contribution < 1.29 is 18.3 Å². The van der Waals surface area contributed by atoms with Gasteiger partial charge in [0.2, 0.25) is 0 Å². The summed E-state index contributed by atoms with van der Waals surface area (Å²) in [6.07, 6.45) is 0.539. The first-order chi connectivity index (χ1) is 13.6. The van der Waals surface area contributed by atoms with E-state index in [1.54, 1.807) is 11.1 Å². The number of phenols is 1. The molecule has 7 nitrogen and oxygen atoms in total. The predicted octanol–water partition coefficient (Wildman–Crippen LogP) is 2.77. The second-order valence-electron chi connectivity index (χ2n) is 8.02. The molecule has 2 aromatic rings. The average molecular weight is 438 g/mol. The fourth-order valence-corrected chi connectivity index (χ4v) is 5.15. The molecular weight excluding hydrogens is 414 g/mol. The number of nitrogens with one attached hydrogen (secondary N) is 1. The van der Waals surface area contributed by atoms with E-state index in [-0.39, 0.29) is 10.6 Å². The highest BCUT2D eigenvalue weighted by molar-refractivity contribution is 7.89. The van der Waals surface area contributed by atoms with Crippen LogP contribution < -0.4 is 14.5 Å². The van der Waals surface area contributed by atoms with Crippen LogP contribution in [0.3, 0.4) is 0 Å². The largest absolute Gasteiger partial charge is 0.504 e. The van der Waals surface area contributed by atoms with Crippen molar-refractivity contribution in [2.24, 2.45) is 0 Å². The molecule has 0 atom stereocenters. The third kappa shape index (κ3) is 4.30. The molecule has 2 aliphatic rings. The smallest absolute Gasteiger partial charge is 0.253 e. The van der Waals surface area contributed by atoms with E-state index >= 15 is 0 Å². The molecule has 29 heavy (non-hydrogen) atoms. The molecular formula is C20H24ClN3O4S. The van der Waals surface area contributed by atoms with Crippen molar-refractivity contribution in [3.8, 4) is 11.5 Å². The van der Waals surface area contributed by atoms with Crippen LogP contribution in [0.5, 0.6) is 11.5 Å². The van der Waals surface area contributed by atoms with Gasteiger partial charge in [-0.15, -0.1) is 4.83 Å². The van der Waals surface area contributed by atoms with Gasteiger partial charge in [-0.2, -0.15) is 0 Å². The number of hydrogen-bond donors (Lipinski definition) is 2. The molecule has 2 heterocycles. The standard InChI is InChI=1S/C20H24ClN3O4S/c1-20(2)13-14-10-17(12-18(25)19(14)28-20)29(26,27)22-24-8-6-23(7-9-24)16-5-3-4-15(21)11-16/h3-5,10-12,22,25H,6-9,13H2,1-2H3. The van der Waals surface area contributed by atoms with Gasteiger partial charge in [-0.25, -0.2) is 13.4 Å². The Kier molecular flexibility index (Phi) is 5.14. The number of ether oxygens (including phenoxy) is 1. The second kappa shape index (κ2) is 7.36. The van der Waals surface area contributed by atoms with Crippen molar-refractivity contribution in [3.63, 3.8) is 0 Å². The van der Waals surface area contributed by atoms with Gasteiger partial charge in [-0.05, 0) is 38.1 Å². The molecule has 2 aliphatic heterocycles. The lowest BCUT2D eigenvalue weighted by molar-refractivity contribution is 0.134. The van der Waals surface area contributed by atoms with Crippen molar-refractivity contribution in [1.82, 2.24) is 9.84 Å². The maximum absolute atomic E-state index is 12.9. The molecule has 2 N–H and O–H groups in total. The van der Waals surface area contributed by atoms with Crippen LogP contribution in [0, 0.1) is 0 Å². The maximum Gasteiger partial charge on any atom is 0.253 e. The van der Waals surface area contributed by atoms with E-state index in [9.17, 15) is 13.5 Å². The fraction of sp³-hybridized carbons (Fsp3) is 0.400.